The fraction of sp³-hybridized carbons (Fsp3) is 0.640. The SMILES string of the molecule is CCCCCCCCCCCCCCCCNc1cc(C(=O)[O-])c(C(=O)[O-])c(C(=O)[O-])c1.[Na+].[Na+].[Na+]. The predicted octanol–water partition coefficient (Wildman–Crippen LogP) is -6.32. The molecule has 0 atom stereocenters. The van der Waals surface area contributed by atoms with Gasteiger partial charge in [0.05, 0.1) is 17.9 Å². The fourth-order valence-corrected chi connectivity index (χ4v) is 3.84. The van der Waals surface area contributed by atoms with E-state index >= 15 is 0 Å². The molecule has 35 heavy (non-hydrogen) atoms. The molecule has 0 aliphatic carbocycles. The third kappa shape index (κ3) is 17.5. The van der Waals surface area contributed by atoms with Crippen LogP contribution in [-0.4, -0.2) is 24.5 Å². The van der Waals surface area contributed by atoms with Crippen LogP contribution in [0.4, 0.5) is 5.69 Å². The number of anilines is 1. The first-order valence-corrected chi connectivity index (χ1v) is 11.9. The van der Waals surface area contributed by atoms with Crippen LogP contribution in [0.1, 0.15) is 128 Å². The summed E-state index contributed by atoms with van der Waals surface area (Å²) in [6, 6.07) is 2.10. The summed E-state index contributed by atoms with van der Waals surface area (Å²) in [7, 11) is 0. The van der Waals surface area contributed by atoms with Gasteiger partial charge in [-0.15, -0.1) is 0 Å². The van der Waals surface area contributed by atoms with Gasteiger partial charge in [-0.1, -0.05) is 90.4 Å². The summed E-state index contributed by atoms with van der Waals surface area (Å²) in [6.07, 6.45) is 17.4. The molecular formula is C25H36NNa3O6. The van der Waals surface area contributed by atoms with E-state index in [1.807, 2.05) is 0 Å². The van der Waals surface area contributed by atoms with E-state index in [0.717, 1.165) is 31.4 Å². The van der Waals surface area contributed by atoms with E-state index in [2.05, 4.69) is 12.2 Å². The van der Waals surface area contributed by atoms with Crippen molar-refractivity contribution < 1.29 is 118 Å². The summed E-state index contributed by atoms with van der Waals surface area (Å²) in [5, 5.41) is 36.6. The van der Waals surface area contributed by atoms with Crippen LogP contribution in [0.5, 0.6) is 0 Å². The van der Waals surface area contributed by atoms with Gasteiger partial charge in [0.15, 0.2) is 0 Å². The number of hydrogen-bond donors (Lipinski definition) is 1. The van der Waals surface area contributed by atoms with Crippen LogP contribution in [0.25, 0.3) is 0 Å². The first kappa shape index (κ1) is 39.9. The van der Waals surface area contributed by atoms with Gasteiger partial charge in [0, 0.05) is 28.9 Å². The molecule has 0 bridgehead atoms. The average molecular weight is 516 g/mol. The van der Waals surface area contributed by atoms with Gasteiger partial charge < -0.3 is 35.0 Å². The summed E-state index contributed by atoms with van der Waals surface area (Å²) in [6.45, 7) is 2.75. The third-order valence-corrected chi connectivity index (χ3v) is 5.64. The van der Waals surface area contributed by atoms with Crippen molar-refractivity contribution in [3.05, 3.63) is 28.8 Å². The summed E-state index contributed by atoms with van der Waals surface area (Å²) in [5.41, 5.74) is -2.22. The van der Waals surface area contributed by atoms with Gasteiger partial charge in [-0.2, -0.15) is 0 Å². The van der Waals surface area contributed by atoms with Crippen molar-refractivity contribution in [3.8, 4) is 0 Å². The number of benzene rings is 1. The Morgan fingerprint density at radius 2 is 0.943 bits per heavy atom. The quantitative estimate of drug-likeness (QED) is 0.143. The molecule has 0 saturated carbocycles. The van der Waals surface area contributed by atoms with Gasteiger partial charge in [0.2, 0.25) is 0 Å². The van der Waals surface area contributed by atoms with Crippen molar-refractivity contribution in [1.82, 2.24) is 0 Å². The minimum atomic E-state index is -1.90. The third-order valence-electron chi connectivity index (χ3n) is 5.64. The van der Waals surface area contributed by atoms with E-state index in [-0.39, 0.29) is 94.4 Å². The molecule has 0 aliphatic heterocycles. The molecule has 7 nitrogen and oxygen atoms in total. The second kappa shape index (κ2) is 24.7. The molecule has 10 heteroatoms. The Hall–Kier alpha value is 0.430. The smallest absolute Gasteiger partial charge is 0.545 e. The molecule has 0 fully saturated rings. The maximum atomic E-state index is 11.2. The van der Waals surface area contributed by atoms with Gasteiger partial charge in [0.1, 0.15) is 0 Å². The molecular weight excluding hydrogens is 479 g/mol. The van der Waals surface area contributed by atoms with Gasteiger partial charge in [-0.3, -0.25) is 0 Å². The van der Waals surface area contributed by atoms with E-state index in [4.69, 9.17) is 0 Å². The molecule has 1 N–H and O–H groups in total. The van der Waals surface area contributed by atoms with Crippen molar-refractivity contribution in [2.45, 2.75) is 96.8 Å². The molecule has 0 spiro atoms. The number of carboxylic acids is 3. The first-order chi connectivity index (χ1) is 15.4. The van der Waals surface area contributed by atoms with Crippen LogP contribution in [0, 0.1) is 0 Å². The van der Waals surface area contributed by atoms with Crippen molar-refractivity contribution in [3.63, 3.8) is 0 Å². The fourth-order valence-electron chi connectivity index (χ4n) is 3.84. The standard InChI is InChI=1S/C25H39NO6.3Na/c1-2-3-4-5-6-7-8-9-10-11-12-13-14-15-16-26-19-17-20(23(27)28)22(25(31)32)21(18-19)24(29)30;;;/h17-18,26H,2-16H2,1H3,(H,27,28)(H,29,30)(H,31,32);;;/q;3*+1/p-3. The molecule has 0 heterocycles. The van der Waals surface area contributed by atoms with E-state index in [9.17, 15) is 29.7 Å². The van der Waals surface area contributed by atoms with E-state index < -0.39 is 34.6 Å². The number of carboxylic acid groups (broad SMARTS) is 3. The van der Waals surface area contributed by atoms with Crippen LogP contribution >= 0.6 is 0 Å². The second-order valence-electron chi connectivity index (χ2n) is 8.33. The number of rotatable bonds is 19. The largest absolute Gasteiger partial charge is 1.00 e. The van der Waals surface area contributed by atoms with Crippen LogP contribution in [0.15, 0.2) is 12.1 Å². The Morgan fingerprint density at radius 1 is 0.600 bits per heavy atom. The predicted molar refractivity (Wildman–Crippen MR) is 118 cm³/mol. The van der Waals surface area contributed by atoms with Crippen LogP contribution in [0.2, 0.25) is 0 Å². The van der Waals surface area contributed by atoms with Crippen molar-refractivity contribution in [2.24, 2.45) is 0 Å². The Morgan fingerprint density at radius 3 is 1.26 bits per heavy atom. The number of hydrogen-bond acceptors (Lipinski definition) is 7. The molecule has 0 aliphatic rings. The molecule has 0 aromatic heterocycles. The normalized spacial score (nSPS) is 9.86. The second-order valence-corrected chi connectivity index (χ2v) is 8.33. The maximum absolute atomic E-state index is 11.2. The van der Waals surface area contributed by atoms with Crippen molar-refractivity contribution in [1.29, 1.82) is 0 Å². The van der Waals surface area contributed by atoms with Gasteiger partial charge >= 0.3 is 88.7 Å². The molecule has 0 saturated heterocycles. The van der Waals surface area contributed by atoms with E-state index in [0.29, 0.717) is 6.54 Å². The topological polar surface area (TPSA) is 132 Å². The zero-order valence-corrected chi connectivity index (χ0v) is 28.2. The summed E-state index contributed by atoms with van der Waals surface area (Å²) in [4.78, 5) is 33.6. The number of aromatic carboxylic acids is 3. The molecule has 1 aromatic carbocycles. The Balaban J connectivity index is -0.00000341. The zero-order valence-electron chi connectivity index (χ0n) is 22.2. The number of nitrogens with one attached hydrogen (secondary N) is 1. The van der Waals surface area contributed by atoms with Gasteiger partial charge in [0.25, 0.3) is 0 Å². The van der Waals surface area contributed by atoms with E-state index in [1.165, 1.54) is 70.6 Å². The van der Waals surface area contributed by atoms with Gasteiger partial charge in [-0.25, -0.2) is 0 Å². The van der Waals surface area contributed by atoms with Crippen molar-refractivity contribution >= 4 is 23.6 Å². The average Bonchev–Trinajstić information content (AvgIpc) is 2.75. The minimum Gasteiger partial charge on any atom is -0.545 e. The van der Waals surface area contributed by atoms with Gasteiger partial charge in [-0.05, 0) is 18.6 Å². The van der Waals surface area contributed by atoms with Crippen molar-refractivity contribution in [2.75, 3.05) is 11.9 Å². The van der Waals surface area contributed by atoms with Crippen LogP contribution in [0.3, 0.4) is 0 Å². The summed E-state index contributed by atoms with van der Waals surface area (Å²) >= 11 is 0. The molecule has 0 radical (unpaired) electrons. The molecule has 1 aromatic rings. The molecule has 180 valence electrons. The Kier molecular flexibility index (Phi) is 28.2. The van der Waals surface area contributed by atoms with Crippen LogP contribution in [-0.2, 0) is 0 Å². The minimum absolute atomic E-state index is 0. The first-order valence-electron chi connectivity index (χ1n) is 11.9. The Labute approximate surface area is 276 Å². The number of unbranched alkanes of at least 4 members (excludes halogenated alkanes) is 13. The molecule has 0 unspecified atom stereocenters. The molecule has 1 rings (SSSR count). The number of carbonyl (C=O) groups is 3. The number of carbonyl (C=O) groups excluding carboxylic acids is 3. The zero-order chi connectivity index (χ0) is 23.8. The van der Waals surface area contributed by atoms with Crippen LogP contribution < -0.4 is 109 Å². The summed E-state index contributed by atoms with van der Waals surface area (Å²) < 4.78 is 0. The monoisotopic (exact) mass is 515 g/mol. The maximum Gasteiger partial charge on any atom is 1.00 e. The molecule has 0 amide bonds. The Bertz CT molecular complexity index is 711. The summed E-state index contributed by atoms with van der Waals surface area (Å²) in [5.74, 6) is -5.47. The van der Waals surface area contributed by atoms with E-state index in [1.54, 1.807) is 0 Å².